The molecule has 0 saturated carbocycles. The van der Waals surface area contributed by atoms with E-state index in [1.54, 1.807) is 12.1 Å². The van der Waals surface area contributed by atoms with Crippen molar-refractivity contribution in [3.8, 4) is 11.5 Å². The van der Waals surface area contributed by atoms with Crippen molar-refractivity contribution in [3.63, 3.8) is 0 Å². The normalized spacial score (nSPS) is 10.3. The van der Waals surface area contributed by atoms with E-state index in [1.807, 2.05) is 67.6 Å². The van der Waals surface area contributed by atoms with E-state index < -0.39 is 0 Å². The quantitative estimate of drug-likeness (QED) is 0.396. The van der Waals surface area contributed by atoms with Gasteiger partial charge in [-0.25, -0.2) is 0 Å². The Bertz CT molecular complexity index is 1040. The minimum absolute atomic E-state index is 0.189. The van der Waals surface area contributed by atoms with Crippen LogP contribution < -0.4 is 20.1 Å². The molecule has 0 radical (unpaired) electrons. The Morgan fingerprint density at radius 3 is 2.58 bits per heavy atom. The van der Waals surface area contributed by atoms with Crippen LogP contribution in [0.5, 0.6) is 11.5 Å². The second-order valence-electron chi connectivity index (χ2n) is 6.59. The number of benzene rings is 3. The third kappa shape index (κ3) is 7.08. The summed E-state index contributed by atoms with van der Waals surface area (Å²) in [7, 11) is 0. The minimum atomic E-state index is -0.352. The van der Waals surface area contributed by atoms with Crippen molar-refractivity contribution < 1.29 is 14.3 Å². The number of hydrogen-bond acceptors (Lipinski definition) is 4. The molecular formula is C24H23BrN2O3S. The Morgan fingerprint density at radius 2 is 1.81 bits per heavy atom. The molecule has 2 N–H and O–H groups in total. The van der Waals surface area contributed by atoms with E-state index in [0.717, 1.165) is 22.3 Å². The number of nitrogens with one attached hydrogen (secondary N) is 2. The monoisotopic (exact) mass is 498 g/mol. The third-order valence-electron chi connectivity index (χ3n) is 4.31. The van der Waals surface area contributed by atoms with Gasteiger partial charge in [0.25, 0.3) is 5.91 Å². The molecule has 0 heterocycles. The Balaban J connectivity index is 1.63. The number of halogens is 1. The first kappa shape index (κ1) is 22.8. The highest BCUT2D eigenvalue weighted by atomic mass is 79.9. The van der Waals surface area contributed by atoms with Gasteiger partial charge in [0.05, 0.1) is 18.8 Å². The molecule has 0 aliphatic rings. The van der Waals surface area contributed by atoms with Crippen molar-refractivity contribution in [2.24, 2.45) is 0 Å². The molecule has 3 rings (SSSR count). The molecule has 0 aliphatic carbocycles. The van der Waals surface area contributed by atoms with Crippen LogP contribution in [0.15, 0.2) is 77.3 Å². The Kier molecular flexibility index (Phi) is 8.44. The summed E-state index contributed by atoms with van der Waals surface area (Å²) in [5, 5.41) is 5.91. The molecular weight excluding hydrogens is 476 g/mol. The molecule has 1 amide bonds. The number of rotatable bonds is 8. The average molecular weight is 499 g/mol. The first-order chi connectivity index (χ1) is 15.0. The van der Waals surface area contributed by atoms with Gasteiger partial charge in [-0.1, -0.05) is 52.3 Å². The van der Waals surface area contributed by atoms with Gasteiger partial charge in [0.2, 0.25) is 0 Å². The predicted molar refractivity (Wildman–Crippen MR) is 131 cm³/mol. The Morgan fingerprint density at radius 1 is 1.00 bits per heavy atom. The first-order valence-corrected chi connectivity index (χ1v) is 11.1. The van der Waals surface area contributed by atoms with Crippen LogP contribution in [0.3, 0.4) is 0 Å². The Labute approximate surface area is 195 Å². The van der Waals surface area contributed by atoms with Crippen LogP contribution in [0.25, 0.3) is 0 Å². The average Bonchev–Trinajstić information content (AvgIpc) is 2.76. The lowest BCUT2D eigenvalue weighted by Crippen LogP contribution is -2.34. The van der Waals surface area contributed by atoms with E-state index in [1.165, 1.54) is 5.56 Å². The van der Waals surface area contributed by atoms with E-state index in [2.05, 4.69) is 26.6 Å². The highest BCUT2D eigenvalue weighted by Gasteiger charge is 2.15. The standard InChI is InChI=1S/C24H23BrN2O3S/c1-2-29-20-10-6-9-19(16-20)26-24(31)27-23(28)21-15-18(25)11-12-22(21)30-14-13-17-7-4-3-5-8-17/h3-12,15-16H,2,13-14H2,1H3,(H2,26,27,28,31). The molecule has 0 aliphatic heterocycles. The second-order valence-corrected chi connectivity index (χ2v) is 7.92. The number of amides is 1. The van der Waals surface area contributed by atoms with Crippen molar-refractivity contribution in [3.05, 3.63) is 88.4 Å². The van der Waals surface area contributed by atoms with Crippen LogP contribution in [-0.4, -0.2) is 24.2 Å². The van der Waals surface area contributed by atoms with Crippen LogP contribution in [0.4, 0.5) is 5.69 Å². The Hall–Kier alpha value is -2.90. The zero-order valence-corrected chi connectivity index (χ0v) is 19.5. The van der Waals surface area contributed by atoms with Crippen molar-refractivity contribution in [2.75, 3.05) is 18.5 Å². The van der Waals surface area contributed by atoms with E-state index in [9.17, 15) is 4.79 Å². The summed E-state index contributed by atoms with van der Waals surface area (Å²) in [6.07, 6.45) is 0.744. The van der Waals surface area contributed by atoms with Gasteiger partial charge in [-0.3, -0.25) is 10.1 Å². The first-order valence-electron chi connectivity index (χ1n) is 9.86. The second kappa shape index (κ2) is 11.5. The number of carbonyl (C=O) groups is 1. The van der Waals surface area contributed by atoms with Gasteiger partial charge < -0.3 is 14.8 Å². The zero-order chi connectivity index (χ0) is 22.1. The summed E-state index contributed by atoms with van der Waals surface area (Å²) in [4.78, 5) is 12.9. The van der Waals surface area contributed by atoms with Gasteiger partial charge in [-0.2, -0.15) is 0 Å². The molecule has 0 unspecified atom stereocenters. The van der Waals surface area contributed by atoms with Crippen LogP contribution in [-0.2, 0) is 6.42 Å². The maximum Gasteiger partial charge on any atom is 0.261 e. The third-order valence-corrected chi connectivity index (χ3v) is 5.00. The topological polar surface area (TPSA) is 59.6 Å². The maximum absolute atomic E-state index is 12.9. The van der Waals surface area contributed by atoms with Crippen molar-refractivity contribution >= 4 is 44.9 Å². The van der Waals surface area contributed by atoms with E-state index in [0.29, 0.717) is 24.5 Å². The molecule has 0 spiro atoms. The largest absolute Gasteiger partial charge is 0.494 e. The van der Waals surface area contributed by atoms with Crippen LogP contribution >= 0.6 is 28.1 Å². The van der Waals surface area contributed by atoms with E-state index in [-0.39, 0.29) is 11.0 Å². The SMILES string of the molecule is CCOc1cccc(NC(=S)NC(=O)c2cc(Br)ccc2OCCc2ccccc2)c1. The smallest absolute Gasteiger partial charge is 0.261 e. The van der Waals surface area contributed by atoms with Gasteiger partial charge in [-0.15, -0.1) is 0 Å². The van der Waals surface area contributed by atoms with Crippen molar-refractivity contribution in [1.29, 1.82) is 0 Å². The molecule has 0 bridgehead atoms. The van der Waals surface area contributed by atoms with Gasteiger partial charge in [0, 0.05) is 22.6 Å². The maximum atomic E-state index is 12.9. The van der Waals surface area contributed by atoms with E-state index in [4.69, 9.17) is 21.7 Å². The molecule has 160 valence electrons. The number of carbonyl (C=O) groups excluding carboxylic acids is 1. The number of ether oxygens (including phenoxy) is 2. The highest BCUT2D eigenvalue weighted by Crippen LogP contribution is 2.24. The summed E-state index contributed by atoms with van der Waals surface area (Å²) in [5.41, 5.74) is 2.30. The highest BCUT2D eigenvalue weighted by molar-refractivity contribution is 9.10. The van der Waals surface area contributed by atoms with Gasteiger partial charge >= 0.3 is 0 Å². The van der Waals surface area contributed by atoms with Gasteiger partial charge in [0.1, 0.15) is 11.5 Å². The molecule has 3 aromatic rings. The fourth-order valence-electron chi connectivity index (χ4n) is 2.89. The van der Waals surface area contributed by atoms with E-state index >= 15 is 0 Å². The fraction of sp³-hybridized carbons (Fsp3) is 0.167. The summed E-state index contributed by atoms with van der Waals surface area (Å²) in [5.74, 6) is 0.870. The van der Waals surface area contributed by atoms with Crippen LogP contribution in [0.2, 0.25) is 0 Å². The molecule has 0 atom stereocenters. The number of hydrogen-bond donors (Lipinski definition) is 2. The molecule has 0 saturated heterocycles. The van der Waals surface area contributed by atoms with Crippen molar-refractivity contribution in [1.82, 2.24) is 5.32 Å². The lowest BCUT2D eigenvalue weighted by atomic mass is 10.1. The number of anilines is 1. The van der Waals surface area contributed by atoms with Crippen LogP contribution in [0.1, 0.15) is 22.8 Å². The lowest BCUT2D eigenvalue weighted by molar-refractivity contribution is 0.0973. The minimum Gasteiger partial charge on any atom is -0.494 e. The fourth-order valence-corrected chi connectivity index (χ4v) is 3.46. The summed E-state index contributed by atoms with van der Waals surface area (Å²) in [6, 6.07) is 22.7. The number of thiocarbonyl (C=S) groups is 1. The molecule has 0 fully saturated rings. The molecule has 31 heavy (non-hydrogen) atoms. The summed E-state index contributed by atoms with van der Waals surface area (Å²) < 4.78 is 12.2. The molecule has 7 heteroatoms. The van der Waals surface area contributed by atoms with Crippen LogP contribution in [0, 0.1) is 0 Å². The van der Waals surface area contributed by atoms with Crippen molar-refractivity contribution in [2.45, 2.75) is 13.3 Å². The predicted octanol–water partition coefficient (Wildman–Crippen LogP) is 5.60. The molecule has 5 nitrogen and oxygen atoms in total. The zero-order valence-electron chi connectivity index (χ0n) is 17.1. The summed E-state index contributed by atoms with van der Waals surface area (Å²) >= 11 is 8.73. The van der Waals surface area contributed by atoms with Gasteiger partial charge in [0.15, 0.2) is 5.11 Å². The van der Waals surface area contributed by atoms with Gasteiger partial charge in [-0.05, 0) is 55.0 Å². The lowest BCUT2D eigenvalue weighted by Gasteiger charge is -2.14. The molecule has 3 aromatic carbocycles. The molecule has 0 aromatic heterocycles. The summed E-state index contributed by atoms with van der Waals surface area (Å²) in [6.45, 7) is 2.95.